The van der Waals surface area contributed by atoms with E-state index in [1.807, 2.05) is 65.8 Å². The van der Waals surface area contributed by atoms with Crippen molar-refractivity contribution in [2.45, 2.75) is 12.5 Å². The van der Waals surface area contributed by atoms with Gasteiger partial charge in [0.25, 0.3) is 5.91 Å². The number of rotatable bonds is 5. The lowest BCUT2D eigenvalue weighted by molar-refractivity contribution is 0.0783. The van der Waals surface area contributed by atoms with Gasteiger partial charge in [-0.25, -0.2) is 0 Å². The lowest BCUT2D eigenvalue weighted by Gasteiger charge is -2.20. The van der Waals surface area contributed by atoms with Gasteiger partial charge < -0.3 is 19.5 Å². The standard InChI is InChI=1S/C30H29N5O2/c1-34(2)22-12-14-35(18-22)30(36)20-8-6-19(7-9-20)28-27(37-3)11-10-24-29(28)23-15-25(32-17-26(23)33-24)21-5-4-13-31-16-21/h4-11,13,15-17,22,33H,12,14,18H2,1-3H3/t22-/m0/s1. The summed E-state index contributed by atoms with van der Waals surface area (Å²) in [7, 11) is 5.83. The quantitative estimate of drug-likeness (QED) is 0.364. The second-order valence-electron chi connectivity index (χ2n) is 9.78. The Kier molecular flexibility index (Phi) is 5.85. The van der Waals surface area contributed by atoms with E-state index >= 15 is 0 Å². The molecular formula is C30H29N5O2. The van der Waals surface area contributed by atoms with Crippen LogP contribution in [0.25, 0.3) is 44.2 Å². The maximum atomic E-state index is 13.2. The monoisotopic (exact) mass is 491 g/mol. The lowest BCUT2D eigenvalue weighted by atomic mass is 9.97. The van der Waals surface area contributed by atoms with Crippen LogP contribution in [0.15, 0.2) is 73.2 Å². The van der Waals surface area contributed by atoms with Gasteiger partial charge in [-0.15, -0.1) is 0 Å². The van der Waals surface area contributed by atoms with E-state index in [0.29, 0.717) is 11.6 Å². The Hall–Kier alpha value is -4.23. The maximum absolute atomic E-state index is 13.2. The average molecular weight is 492 g/mol. The molecule has 1 aliphatic rings. The van der Waals surface area contributed by atoms with Gasteiger partial charge in [-0.05, 0) is 68.5 Å². The van der Waals surface area contributed by atoms with Crippen molar-refractivity contribution in [2.24, 2.45) is 0 Å². The molecule has 6 rings (SSSR count). The summed E-state index contributed by atoms with van der Waals surface area (Å²) in [5.41, 5.74) is 6.46. The van der Waals surface area contributed by atoms with Crippen LogP contribution in [0, 0.1) is 0 Å². The van der Waals surface area contributed by atoms with Crippen LogP contribution >= 0.6 is 0 Å². The molecule has 1 aliphatic heterocycles. The van der Waals surface area contributed by atoms with Crippen LogP contribution in [0.4, 0.5) is 0 Å². The minimum atomic E-state index is 0.0837. The fourth-order valence-corrected chi connectivity index (χ4v) is 5.31. The van der Waals surface area contributed by atoms with Crippen molar-refractivity contribution >= 4 is 27.7 Å². The lowest BCUT2D eigenvalue weighted by Crippen LogP contribution is -2.34. The molecule has 3 aromatic heterocycles. The number of nitrogens with one attached hydrogen (secondary N) is 1. The molecule has 5 aromatic rings. The zero-order valence-electron chi connectivity index (χ0n) is 21.2. The third-order valence-corrected chi connectivity index (χ3v) is 7.39. The fourth-order valence-electron chi connectivity index (χ4n) is 5.31. The Morgan fingerprint density at radius 1 is 1.05 bits per heavy atom. The Labute approximate surface area is 215 Å². The number of aromatic amines is 1. The van der Waals surface area contributed by atoms with Crippen LogP contribution < -0.4 is 4.74 Å². The number of carbonyl (C=O) groups excluding carboxylic acids is 1. The summed E-state index contributed by atoms with van der Waals surface area (Å²) in [5.74, 6) is 0.862. The van der Waals surface area contributed by atoms with Gasteiger partial charge in [-0.1, -0.05) is 12.1 Å². The van der Waals surface area contributed by atoms with Gasteiger partial charge in [-0.3, -0.25) is 14.8 Å². The second kappa shape index (κ2) is 9.33. The van der Waals surface area contributed by atoms with Crippen molar-refractivity contribution < 1.29 is 9.53 Å². The summed E-state index contributed by atoms with van der Waals surface area (Å²) in [4.78, 5) is 29.7. The summed E-state index contributed by atoms with van der Waals surface area (Å²) in [6, 6.07) is 18.3. The van der Waals surface area contributed by atoms with Crippen LogP contribution in [0.2, 0.25) is 0 Å². The van der Waals surface area contributed by atoms with E-state index in [2.05, 4.69) is 40.0 Å². The van der Waals surface area contributed by atoms with E-state index in [4.69, 9.17) is 4.74 Å². The molecule has 37 heavy (non-hydrogen) atoms. The predicted octanol–water partition coefficient (Wildman–Crippen LogP) is 5.23. The van der Waals surface area contributed by atoms with Gasteiger partial charge >= 0.3 is 0 Å². The predicted molar refractivity (Wildman–Crippen MR) is 147 cm³/mol. The number of H-pyrrole nitrogens is 1. The number of pyridine rings is 2. The minimum Gasteiger partial charge on any atom is -0.496 e. The summed E-state index contributed by atoms with van der Waals surface area (Å²) < 4.78 is 5.81. The molecule has 0 bridgehead atoms. The van der Waals surface area contributed by atoms with E-state index in [-0.39, 0.29) is 5.91 Å². The molecule has 186 valence electrons. The minimum absolute atomic E-state index is 0.0837. The molecule has 4 heterocycles. The Bertz CT molecular complexity index is 1590. The molecular weight excluding hydrogens is 462 g/mol. The van der Waals surface area contributed by atoms with Gasteiger partial charge in [0.05, 0.1) is 24.5 Å². The number of methoxy groups -OCH3 is 1. The summed E-state index contributed by atoms with van der Waals surface area (Å²) in [5, 5.41) is 2.12. The number of hydrogen-bond acceptors (Lipinski definition) is 5. The largest absolute Gasteiger partial charge is 0.496 e. The molecule has 0 unspecified atom stereocenters. The first kappa shape index (κ1) is 23.2. The molecule has 0 radical (unpaired) electrons. The number of nitrogens with zero attached hydrogens (tertiary/aromatic N) is 4. The summed E-state index contributed by atoms with van der Waals surface area (Å²) in [6.45, 7) is 1.56. The van der Waals surface area contributed by atoms with Gasteiger partial charge in [0, 0.05) is 64.5 Å². The van der Waals surface area contributed by atoms with Crippen molar-refractivity contribution in [2.75, 3.05) is 34.3 Å². The zero-order valence-corrected chi connectivity index (χ0v) is 21.2. The Morgan fingerprint density at radius 3 is 2.59 bits per heavy atom. The molecule has 0 spiro atoms. The van der Waals surface area contributed by atoms with Crippen LogP contribution in [-0.4, -0.2) is 71.0 Å². The first-order chi connectivity index (χ1) is 18.0. The third-order valence-electron chi connectivity index (χ3n) is 7.39. The van der Waals surface area contributed by atoms with Gasteiger partial charge in [-0.2, -0.15) is 0 Å². The number of ether oxygens (including phenoxy) is 1. The number of amides is 1. The van der Waals surface area contributed by atoms with Crippen LogP contribution in [0.1, 0.15) is 16.8 Å². The highest BCUT2D eigenvalue weighted by Crippen LogP contribution is 2.41. The second-order valence-corrected chi connectivity index (χ2v) is 9.78. The van der Waals surface area contributed by atoms with Gasteiger partial charge in [0.1, 0.15) is 5.75 Å². The average Bonchev–Trinajstić information content (AvgIpc) is 3.58. The zero-order chi connectivity index (χ0) is 25.5. The molecule has 1 fully saturated rings. The van der Waals surface area contributed by atoms with Crippen LogP contribution in [0.3, 0.4) is 0 Å². The molecule has 1 amide bonds. The van der Waals surface area contributed by atoms with Gasteiger partial charge in [0.15, 0.2) is 0 Å². The molecule has 7 nitrogen and oxygen atoms in total. The van der Waals surface area contributed by atoms with Crippen molar-refractivity contribution in [3.63, 3.8) is 0 Å². The molecule has 1 N–H and O–H groups in total. The highest BCUT2D eigenvalue weighted by atomic mass is 16.5. The molecule has 1 atom stereocenters. The summed E-state index contributed by atoms with van der Waals surface area (Å²) in [6.07, 6.45) is 6.45. The highest BCUT2D eigenvalue weighted by Gasteiger charge is 2.28. The van der Waals surface area contributed by atoms with E-state index in [1.165, 1.54) is 0 Å². The van der Waals surface area contributed by atoms with Crippen molar-refractivity contribution in [3.05, 3.63) is 78.8 Å². The Morgan fingerprint density at radius 2 is 1.89 bits per heavy atom. The molecule has 0 saturated carbocycles. The number of hydrogen-bond donors (Lipinski definition) is 1. The molecule has 1 saturated heterocycles. The molecule has 2 aromatic carbocycles. The maximum Gasteiger partial charge on any atom is 0.253 e. The van der Waals surface area contributed by atoms with Crippen molar-refractivity contribution in [3.8, 4) is 28.1 Å². The number of likely N-dealkylation sites (N-methyl/N-ethyl adjacent to an activating group) is 1. The summed E-state index contributed by atoms with van der Waals surface area (Å²) >= 11 is 0. The van der Waals surface area contributed by atoms with Crippen LogP contribution in [0.5, 0.6) is 5.75 Å². The SMILES string of the molecule is COc1ccc2[nH]c3cnc(-c4cccnc4)cc3c2c1-c1ccc(C(=O)N2CC[C@H](N(C)C)C2)cc1. The van der Waals surface area contributed by atoms with E-state index in [9.17, 15) is 4.79 Å². The number of fused-ring (bicyclic) bond motifs is 3. The van der Waals surface area contributed by atoms with E-state index in [1.54, 1.807) is 13.3 Å². The normalized spacial score (nSPS) is 15.7. The third kappa shape index (κ3) is 4.11. The smallest absolute Gasteiger partial charge is 0.253 e. The van der Waals surface area contributed by atoms with Gasteiger partial charge in [0.2, 0.25) is 0 Å². The van der Waals surface area contributed by atoms with Crippen molar-refractivity contribution in [1.82, 2.24) is 24.8 Å². The highest BCUT2D eigenvalue weighted by molar-refractivity contribution is 6.16. The molecule has 0 aliphatic carbocycles. The van der Waals surface area contributed by atoms with E-state index in [0.717, 1.165) is 69.4 Å². The number of carbonyl (C=O) groups is 1. The van der Waals surface area contributed by atoms with Crippen molar-refractivity contribution in [1.29, 1.82) is 0 Å². The number of benzene rings is 2. The first-order valence-corrected chi connectivity index (χ1v) is 12.5. The first-order valence-electron chi connectivity index (χ1n) is 12.5. The van der Waals surface area contributed by atoms with Crippen LogP contribution in [-0.2, 0) is 0 Å². The number of aromatic nitrogens is 3. The molecule has 7 heteroatoms. The Balaban J connectivity index is 1.42. The number of likely N-dealkylation sites (tertiary alicyclic amines) is 1. The topological polar surface area (TPSA) is 74.3 Å². The van der Waals surface area contributed by atoms with E-state index < -0.39 is 0 Å². The fraction of sp³-hybridized carbons (Fsp3) is 0.233.